The number of halogens is 4. The molecule has 0 spiro atoms. The summed E-state index contributed by atoms with van der Waals surface area (Å²) in [6, 6.07) is 3.34. The minimum atomic E-state index is -4.41. The van der Waals surface area contributed by atoms with E-state index in [-0.39, 0.29) is 5.75 Å². The van der Waals surface area contributed by atoms with Gasteiger partial charge in [0, 0.05) is 24.7 Å². The van der Waals surface area contributed by atoms with Crippen LogP contribution in [0.2, 0.25) is 5.02 Å². The van der Waals surface area contributed by atoms with Crippen LogP contribution >= 0.6 is 11.6 Å². The quantitative estimate of drug-likeness (QED) is 0.717. The van der Waals surface area contributed by atoms with E-state index in [0.717, 1.165) is 31.3 Å². The highest BCUT2D eigenvalue weighted by atomic mass is 35.5. The van der Waals surface area contributed by atoms with Gasteiger partial charge < -0.3 is 9.64 Å². The molecule has 3 rings (SSSR count). The third-order valence-corrected chi connectivity index (χ3v) is 4.42. The lowest BCUT2D eigenvalue weighted by molar-refractivity contribution is -0.180. The lowest BCUT2D eigenvalue weighted by Crippen LogP contribution is -2.34. The maximum absolute atomic E-state index is 12.9. The Hall–Kier alpha value is -1.36. The Bertz CT molecular complexity index is 611. The number of alkyl halides is 3. The maximum Gasteiger partial charge on any atom is 0.429 e. The van der Waals surface area contributed by atoms with Crippen LogP contribution in [0.25, 0.3) is 6.08 Å². The Morgan fingerprint density at radius 2 is 2.04 bits per heavy atom. The molecule has 23 heavy (non-hydrogen) atoms. The second-order valence-corrected chi connectivity index (χ2v) is 6.58. The van der Waals surface area contributed by atoms with Gasteiger partial charge in [-0.3, -0.25) is 0 Å². The lowest BCUT2D eigenvalue weighted by atomic mass is 10.1. The molecule has 1 aliphatic heterocycles. The minimum Gasteiger partial charge on any atom is -0.476 e. The molecule has 1 heterocycles. The molecule has 0 N–H and O–H groups in total. The van der Waals surface area contributed by atoms with Crippen LogP contribution in [-0.2, 0) is 0 Å². The zero-order valence-electron chi connectivity index (χ0n) is 12.9. The molecule has 1 aliphatic carbocycles. The van der Waals surface area contributed by atoms with Crippen LogP contribution in [0.15, 0.2) is 18.2 Å². The van der Waals surface area contributed by atoms with Gasteiger partial charge in [-0.25, -0.2) is 0 Å². The predicted octanol–water partition coefficient (Wildman–Crippen LogP) is 5.30. The molecule has 0 aromatic heterocycles. The number of hydrogen-bond acceptors (Lipinski definition) is 2. The molecule has 1 saturated carbocycles. The number of ether oxygens (including phenoxy) is 1. The fourth-order valence-corrected chi connectivity index (χ4v) is 3.06. The number of rotatable bonds is 5. The van der Waals surface area contributed by atoms with E-state index in [4.69, 9.17) is 16.3 Å². The van der Waals surface area contributed by atoms with Gasteiger partial charge in [0.25, 0.3) is 0 Å². The Morgan fingerprint density at radius 1 is 1.30 bits per heavy atom. The van der Waals surface area contributed by atoms with Gasteiger partial charge in [0.2, 0.25) is 6.10 Å². The SMILES string of the molecule is CCCN(CC1CC1)c1cc2c(cc1Cl)C=CC(C(F)(F)F)O2. The third kappa shape index (κ3) is 3.77. The predicted molar refractivity (Wildman–Crippen MR) is 86.2 cm³/mol. The fourth-order valence-electron chi connectivity index (χ4n) is 2.77. The molecule has 1 unspecified atom stereocenters. The first kappa shape index (κ1) is 16.5. The molecule has 0 radical (unpaired) electrons. The van der Waals surface area contributed by atoms with Crippen LogP contribution in [-0.4, -0.2) is 25.4 Å². The topological polar surface area (TPSA) is 12.5 Å². The zero-order chi connectivity index (χ0) is 16.6. The average molecular weight is 346 g/mol. The summed E-state index contributed by atoms with van der Waals surface area (Å²) in [5.41, 5.74) is 1.34. The van der Waals surface area contributed by atoms with Gasteiger partial charge in [0.05, 0.1) is 10.7 Å². The van der Waals surface area contributed by atoms with Crippen molar-refractivity contribution in [3.63, 3.8) is 0 Å². The highest BCUT2D eigenvalue weighted by Crippen LogP contribution is 2.40. The van der Waals surface area contributed by atoms with Crippen LogP contribution in [0.3, 0.4) is 0 Å². The molecule has 6 heteroatoms. The Balaban J connectivity index is 1.89. The summed E-state index contributed by atoms with van der Waals surface area (Å²) in [5, 5.41) is 0.552. The normalized spacial score (nSPS) is 20.1. The third-order valence-electron chi connectivity index (χ3n) is 4.12. The van der Waals surface area contributed by atoms with E-state index in [9.17, 15) is 13.2 Å². The summed E-state index contributed by atoms with van der Waals surface area (Å²) < 4.78 is 43.7. The smallest absolute Gasteiger partial charge is 0.429 e. The molecule has 0 amide bonds. The second kappa shape index (κ2) is 6.27. The zero-order valence-corrected chi connectivity index (χ0v) is 13.6. The van der Waals surface area contributed by atoms with Gasteiger partial charge in [0.15, 0.2) is 0 Å². The van der Waals surface area contributed by atoms with Crippen molar-refractivity contribution in [1.29, 1.82) is 0 Å². The molecule has 2 aliphatic rings. The number of nitrogens with zero attached hydrogens (tertiary/aromatic N) is 1. The van der Waals surface area contributed by atoms with Crippen molar-refractivity contribution in [2.45, 2.75) is 38.5 Å². The monoisotopic (exact) mass is 345 g/mol. The van der Waals surface area contributed by atoms with Crippen molar-refractivity contribution < 1.29 is 17.9 Å². The van der Waals surface area contributed by atoms with Crippen LogP contribution in [0.1, 0.15) is 31.7 Å². The molecule has 1 fully saturated rings. The van der Waals surface area contributed by atoms with Gasteiger partial charge in [-0.2, -0.15) is 13.2 Å². The van der Waals surface area contributed by atoms with Gasteiger partial charge in [-0.15, -0.1) is 0 Å². The molecular weight excluding hydrogens is 327 g/mol. The minimum absolute atomic E-state index is 0.242. The molecule has 0 saturated heterocycles. The summed E-state index contributed by atoms with van der Waals surface area (Å²) in [6.45, 7) is 3.80. The number of anilines is 1. The summed E-state index contributed by atoms with van der Waals surface area (Å²) in [6.07, 6.45) is -0.496. The molecule has 1 aromatic carbocycles. The van der Waals surface area contributed by atoms with Gasteiger partial charge in [-0.1, -0.05) is 24.6 Å². The van der Waals surface area contributed by atoms with Gasteiger partial charge >= 0.3 is 6.18 Å². The Labute approximate surface area is 138 Å². The van der Waals surface area contributed by atoms with E-state index in [0.29, 0.717) is 16.5 Å². The van der Waals surface area contributed by atoms with Crippen molar-refractivity contribution in [1.82, 2.24) is 0 Å². The first-order chi connectivity index (χ1) is 10.9. The van der Waals surface area contributed by atoms with Crippen molar-refractivity contribution in [2.75, 3.05) is 18.0 Å². The molecule has 2 nitrogen and oxygen atoms in total. The van der Waals surface area contributed by atoms with E-state index < -0.39 is 12.3 Å². The van der Waals surface area contributed by atoms with Crippen LogP contribution in [0.5, 0.6) is 5.75 Å². The van der Waals surface area contributed by atoms with E-state index in [1.165, 1.54) is 18.9 Å². The molecule has 1 atom stereocenters. The first-order valence-electron chi connectivity index (χ1n) is 7.88. The Kier molecular flexibility index (Phi) is 4.50. The van der Waals surface area contributed by atoms with Crippen LogP contribution < -0.4 is 9.64 Å². The molecule has 126 valence electrons. The van der Waals surface area contributed by atoms with Gasteiger partial charge in [-0.05, 0) is 37.3 Å². The largest absolute Gasteiger partial charge is 0.476 e. The van der Waals surface area contributed by atoms with E-state index in [1.54, 1.807) is 12.1 Å². The van der Waals surface area contributed by atoms with Crippen molar-refractivity contribution in [2.24, 2.45) is 5.92 Å². The van der Waals surface area contributed by atoms with Gasteiger partial charge in [0.1, 0.15) is 5.75 Å². The first-order valence-corrected chi connectivity index (χ1v) is 8.26. The second-order valence-electron chi connectivity index (χ2n) is 6.17. The summed E-state index contributed by atoms with van der Waals surface area (Å²) >= 11 is 6.37. The fraction of sp³-hybridized carbons (Fsp3) is 0.529. The van der Waals surface area contributed by atoms with E-state index in [1.807, 2.05) is 0 Å². The van der Waals surface area contributed by atoms with Crippen LogP contribution in [0.4, 0.5) is 18.9 Å². The standard InChI is InChI=1S/C17H19ClF3NO/c1-2-7-22(10-11-3-4-11)14-9-15-12(8-13(14)18)5-6-16(23-15)17(19,20)21/h5-6,8-9,11,16H,2-4,7,10H2,1H3. The van der Waals surface area contributed by atoms with E-state index in [2.05, 4.69) is 11.8 Å². The Morgan fingerprint density at radius 3 is 2.65 bits per heavy atom. The number of fused-ring (bicyclic) bond motifs is 1. The van der Waals surface area contributed by atoms with Crippen molar-refractivity contribution >= 4 is 23.4 Å². The van der Waals surface area contributed by atoms with Crippen LogP contribution in [0, 0.1) is 5.92 Å². The maximum atomic E-state index is 12.9. The number of benzene rings is 1. The highest BCUT2D eigenvalue weighted by molar-refractivity contribution is 6.33. The average Bonchev–Trinajstić information content (AvgIpc) is 3.28. The number of hydrogen-bond donors (Lipinski definition) is 0. The lowest BCUT2D eigenvalue weighted by Gasteiger charge is -2.29. The summed E-state index contributed by atoms with van der Waals surface area (Å²) in [4.78, 5) is 2.16. The molecular formula is C17H19ClF3NO. The van der Waals surface area contributed by atoms with E-state index >= 15 is 0 Å². The van der Waals surface area contributed by atoms with Crippen molar-refractivity contribution in [3.8, 4) is 5.75 Å². The van der Waals surface area contributed by atoms with Crippen molar-refractivity contribution in [3.05, 3.63) is 28.8 Å². The highest BCUT2D eigenvalue weighted by Gasteiger charge is 2.41. The summed E-state index contributed by atoms with van der Waals surface area (Å²) in [7, 11) is 0. The molecule has 0 bridgehead atoms. The summed E-state index contributed by atoms with van der Waals surface area (Å²) in [5.74, 6) is 0.906. The molecule has 1 aromatic rings.